The second kappa shape index (κ2) is 5.31. The van der Waals surface area contributed by atoms with Crippen LogP contribution in [-0.4, -0.2) is 18.2 Å². The Kier molecular flexibility index (Phi) is 3.77. The molecule has 0 amide bonds. The Labute approximate surface area is 108 Å². The van der Waals surface area contributed by atoms with E-state index in [1.807, 2.05) is 60.7 Å². The first kappa shape index (κ1) is 12.8. The Morgan fingerprint density at radius 1 is 0.833 bits per heavy atom. The Morgan fingerprint density at radius 2 is 1.44 bits per heavy atom. The van der Waals surface area contributed by atoms with E-state index in [4.69, 9.17) is 0 Å². The van der Waals surface area contributed by atoms with Crippen LogP contribution >= 0.6 is 0 Å². The molecule has 0 aliphatic rings. The number of rotatable bonds is 3. The van der Waals surface area contributed by atoms with Crippen LogP contribution < -0.4 is 5.19 Å². The molecule has 0 bridgehead atoms. The topological polar surface area (TPSA) is 40.5 Å². The Balaban J connectivity index is 2.33. The van der Waals surface area contributed by atoms with Crippen LogP contribution in [0.15, 0.2) is 54.6 Å². The molecular weight excluding hydrogens is 240 g/mol. The number of benzene rings is 2. The lowest BCUT2D eigenvalue weighted by Gasteiger charge is -2.14. The molecule has 2 N–H and O–H groups in total. The molecule has 0 heterocycles. The van der Waals surface area contributed by atoms with E-state index in [2.05, 4.69) is 0 Å². The minimum absolute atomic E-state index is 0.636. The van der Waals surface area contributed by atoms with Crippen LogP contribution in [-0.2, 0) is 0 Å². The lowest BCUT2D eigenvalue weighted by molar-refractivity contribution is 0.392. The summed E-state index contributed by atoms with van der Waals surface area (Å²) in [5.41, 5.74) is 1.95. The highest BCUT2D eigenvalue weighted by molar-refractivity contribution is 6.78. The lowest BCUT2D eigenvalue weighted by atomic mass is 10.1. The minimum Gasteiger partial charge on any atom is -0.408 e. The van der Waals surface area contributed by atoms with Gasteiger partial charge in [-0.15, -0.1) is 0 Å². The maximum atomic E-state index is 9.83. The van der Waals surface area contributed by atoms with Crippen LogP contribution in [0.2, 0.25) is 6.55 Å². The van der Waals surface area contributed by atoms with Crippen LogP contribution in [0.25, 0.3) is 12.2 Å². The van der Waals surface area contributed by atoms with Crippen molar-refractivity contribution in [3.05, 3.63) is 65.7 Å². The van der Waals surface area contributed by atoms with Gasteiger partial charge in [0, 0.05) is 5.19 Å². The van der Waals surface area contributed by atoms with Gasteiger partial charge in [-0.25, -0.2) is 0 Å². The van der Waals surface area contributed by atoms with Crippen molar-refractivity contribution in [3.8, 4) is 0 Å². The molecule has 0 radical (unpaired) electrons. The highest BCUT2D eigenvalue weighted by Crippen LogP contribution is 2.08. The molecule has 0 aromatic heterocycles. The number of hydrogen-bond donors (Lipinski definition) is 2. The lowest BCUT2D eigenvalue weighted by Crippen LogP contribution is -2.46. The molecule has 0 spiro atoms. The van der Waals surface area contributed by atoms with Crippen molar-refractivity contribution >= 4 is 25.9 Å². The molecule has 0 aliphatic heterocycles. The first-order valence-corrected chi connectivity index (χ1v) is 8.24. The third kappa shape index (κ3) is 3.17. The average Bonchev–Trinajstić information content (AvgIpc) is 2.37. The standard InChI is InChI=1S/C15H16O2Si/c1-18(16,17)15-10-6-5-9-14(15)12-11-13-7-3-2-4-8-13/h2-12,16-17H,1H3. The molecule has 0 saturated heterocycles. The molecule has 0 unspecified atom stereocenters. The zero-order chi connectivity index (χ0) is 13.0. The first-order valence-electron chi connectivity index (χ1n) is 5.85. The van der Waals surface area contributed by atoms with Crippen molar-refractivity contribution in [1.82, 2.24) is 0 Å². The molecule has 2 nitrogen and oxygen atoms in total. The molecule has 2 aromatic carbocycles. The van der Waals surface area contributed by atoms with E-state index in [-0.39, 0.29) is 0 Å². The normalized spacial score (nSPS) is 11.9. The molecule has 0 aliphatic carbocycles. The average molecular weight is 256 g/mol. The summed E-state index contributed by atoms with van der Waals surface area (Å²) >= 11 is 0. The molecule has 0 saturated carbocycles. The van der Waals surface area contributed by atoms with E-state index in [0.29, 0.717) is 5.19 Å². The van der Waals surface area contributed by atoms with Gasteiger partial charge in [0.15, 0.2) is 0 Å². The third-order valence-electron chi connectivity index (χ3n) is 2.73. The maximum Gasteiger partial charge on any atom is 0.364 e. The fourth-order valence-electron chi connectivity index (χ4n) is 1.82. The van der Waals surface area contributed by atoms with Crippen LogP contribution in [0.3, 0.4) is 0 Å². The van der Waals surface area contributed by atoms with E-state index in [0.717, 1.165) is 11.1 Å². The zero-order valence-corrected chi connectivity index (χ0v) is 11.2. The maximum absolute atomic E-state index is 9.83. The second-order valence-corrected chi connectivity index (χ2v) is 6.93. The number of hydrogen-bond acceptors (Lipinski definition) is 2. The van der Waals surface area contributed by atoms with E-state index in [1.165, 1.54) is 6.55 Å². The van der Waals surface area contributed by atoms with Gasteiger partial charge < -0.3 is 9.59 Å². The summed E-state index contributed by atoms with van der Waals surface area (Å²) in [6, 6.07) is 17.3. The summed E-state index contributed by atoms with van der Waals surface area (Å²) in [7, 11) is -3.27. The molecule has 2 aromatic rings. The van der Waals surface area contributed by atoms with Gasteiger partial charge in [-0.3, -0.25) is 0 Å². The van der Waals surface area contributed by atoms with Gasteiger partial charge in [0.05, 0.1) is 0 Å². The highest BCUT2D eigenvalue weighted by atomic mass is 28.4. The van der Waals surface area contributed by atoms with Gasteiger partial charge in [0.1, 0.15) is 0 Å². The molecule has 2 rings (SSSR count). The van der Waals surface area contributed by atoms with Crippen LogP contribution in [0.5, 0.6) is 0 Å². The minimum atomic E-state index is -3.27. The van der Waals surface area contributed by atoms with Crippen molar-refractivity contribution in [2.45, 2.75) is 6.55 Å². The SMILES string of the molecule is C[Si](O)(O)c1ccccc1C=Cc1ccccc1. The van der Waals surface area contributed by atoms with Gasteiger partial charge in [-0.1, -0.05) is 66.7 Å². The van der Waals surface area contributed by atoms with Crippen molar-refractivity contribution in [2.24, 2.45) is 0 Å². The quantitative estimate of drug-likeness (QED) is 0.652. The van der Waals surface area contributed by atoms with Crippen LogP contribution in [0.1, 0.15) is 11.1 Å². The van der Waals surface area contributed by atoms with Crippen molar-refractivity contribution in [3.63, 3.8) is 0 Å². The van der Waals surface area contributed by atoms with E-state index < -0.39 is 8.56 Å². The first-order chi connectivity index (χ1) is 8.57. The van der Waals surface area contributed by atoms with Gasteiger partial charge in [-0.2, -0.15) is 0 Å². The van der Waals surface area contributed by atoms with Gasteiger partial charge in [0.25, 0.3) is 0 Å². The van der Waals surface area contributed by atoms with Crippen LogP contribution in [0.4, 0.5) is 0 Å². The Morgan fingerprint density at radius 3 is 2.11 bits per heavy atom. The van der Waals surface area contributed by atoms with E-state index in [9.17, 15) is 9.59 Å². The van der Waals surface area contributed by atoms with Gasteiger partial charge in [0.2, 0.25) is 0 Å². The van der Waals surface area contributed by atoms with E-state index >= 15 is 0 Å². The summed E-state index contributed by atoms with van der Waals surface area (Å²) in [5.74, 6) is 0. The zero-order valence-electron chi connectivity index (χ0n) is 10.2. The fourth-order valence-corrected chi connectivity index (χ4v) is 2.95. The molecular formula is C15H16O2Si. The highest BCUT2D eigenvalue weighted by Gasteiger charge is 2.26. The van der Waals surface area contributed by atoms with Crippen molar-refractivity contribution < 1.29 is 9.59 Å². The predicted octanol–water partition coefficient (Wildman–Crippen LogP) is 2.12. The summed E-state index contributed by atoms with van der Waals surface area (Å²) in [5, 5.41) is 0.636. The summed E-state index contributed by atoms with van der Waals surface area (Å²) < 4.78 is 0. The summed E-state index contributed by atoms with van der Waals surface area (Å²) in [6.45, 7) is 1.50. The molecule has 3 heteroatoms. The Bertz CT molecular complexity index is 542. The summed E-state index contributed by atoms with van der Waals surface area (Å²) in [4.78, 5) is 19.7. The molecule has 92 valence electrons. The molecule has 18 heavy (non-hydrogen) atoms. The second-order valence-electron chi connectivity index (χ2n) is 4.35. The van der Waals surface area contributed by atoms with Crippen LogP contribution in [0, 0.1) is 0 Å². The van der Waals surface area contributed by atoms with Gasteiger partial charge in [-0.05, 0) is 17.7 Å². The smallest absolute Gasteiger partial charge is 0.364 e. The van der Waals surface area contributed by atoms with E-state index in [1.54, 1.807) is 6.07 Å². The predicted molar refractivity (Wildman–Crippen MR) is 77.5 cm³/mol. The van der Waals surface area contributed by atoms with Gasteiger partial charge >= 0.3 is 8.56 Å². The molecule has 0 fully saturated rings. The molecule has 0 atom stereocenters. The largest absolute Gasteiger partial charge is 0.408 e. The Hall–Kier alpha value is -1.68. The third-order valence-corrected chi connectivity index (χ3v) is 4.20. The van der Waals surface area contributed by atoms with Crippen molar-refractivity contribution in [1.29, 1.82) is 0 Å². The summed E-state index contributed by atoms with van der Waals surface area (Å²) in [6.07, 6.45) is 3.89. The monoisotopic (exact) mass is 256 g/mol. The fraction of sp³-hybridized carbons (Fsp3) is 0.0667. The van der Waals surface area contributed by atoms with Crippen molar-refractivity contribution in [2.75, 3.05) is 0 Å².